The summed E-state index contributed by atoms with van der Waals surface area (Å²) in [6, 6.07) is 12.0. The minimum Gasteiger partial charge on any atom is -0.495 e. The molecular formula is C15H14Br2ClNO. The van der Waals surface area contributed by atoms with E-state index in [0.29, 0.717) is 10.8 Å². The van der Waals surface area contributed by atoms with Crippen LogP contribution in [0, 0.1) is 0 Å². The van der Waals surface area contributed by atoms with E-state index >= 15 is 0 Å². The highest BCUT2D eigenvalue weighted by atomic mass is 79.9. The van der Waals surface area contributed by atoms with Gasteiger partial charge in [-0.3, -0.25) is 0 Å². The maximum Gasteiger partial charge on any atom is 0.137 e. The van der Waals surface area contributed by atoms with Crippen molar-refractivity contribution in [3.8, 4) is 5.75 Å². The fourth-order valence-electron chi connectivity index (χ4n) is 2.10. The van der Waals surface area contributed by atoms with Crippen molar-refractivity contribution in [3.05, 3.63) is 61.5 Å². The van der Waals surface area contributed by atoms with E-state index in [4.69, 9.17) is 16.3 Å². The second-order valence-electron chi connectivity index (χ2n) is 4.28. The van der Waals surface area contributed by atoms with Crippen molar-refractivity contribution in [2.45, 2.75) is 6.04 Å². The van der Waals surface area contributed by atoms with Crippen molar-refractivity contribution >= 4 is 43.5 Å². The number of hydrogen-bond donors (Lipinski definition) is 1. The molecular weight excluding hydrogens is 405 g/mol. The van der Waals surface area contributed by atoms with Gasteiger partial charge < -0.3 is 10.1 Å². The van der Waals surface area contributed by atoms with Crippen LogP contribution in [0.15, 0.2) is 45.3 Å². The SMILES string of the molecule is CNC(c1ccc(OC)c(Cl)c1)c1ccc(Br)cc1Br. The zero-order chi connectivity index (χ0) is 14.7. The first-order chi connectivity index (χ1) is 9.56. The van der Waals surface area contributed by atoms with Crippen LogP contribution in [0.2, 0.25) is 5.02 Å². The van der Waals surface area contributed by atoms with Gasteiger partial charge in [-0.1, -0.05) is 55.6 Å². The Labute approximate surface area is 140 Å². The Hall–Kier alpha value is -0.550. The summed E-state index contributed by atoms with van der Waals surface area (Å²) < 4.78 is 7.27. The highest BCUT2D eigenvalue weighted by Crippen LogP contribution is 2.34. The third-order valence-corrected chi connectivity index (χ3v) is 4.55. The number of hydrogen-bond acceptors (Lipinski definition) is 2. The number of halogens is 3. The van der Waals surface area contributed by atoms with Crippen molar-refractivity contribution in [1.29, 1.82) is 0 Å². The van der Waals surface area contributed by atoms with E-state index in [1.54, 1.807) is 7.11 Å². The van der Waals surface area contributed by atoms with Crippen LogP contribution in [0.3, 0.4) is 0 Å². The summed E-state index contributed by atoms with van der Waals surface area (Å²) in [7, 11) is 3.54. The molecule has 0 heterocycles. The zero-order valence-corrected chi connectivity index (χ0v) is 15.0. The van der Waals surface area contributed by atoms with Gasteiger partial charge in [0.15, 0.2) is 0 Å². The summed E-state index contributed by atoms with van der Waals surface area (Å²) in [5.41, 5.74) is 2.23. The van der Waals surface area contributed by atoms with E-state index in [1.165, 1.54) is 0 Å². The van der Waals surface area contributed by atoms with Crippen molar-refractivity contribution < 1.29 is 4.74 Å². The molecule has 0 aliphatic heterocycles. The largest absolute Gasteiger partial charge is 0.495 e. The molecule has 2 rings (SSSR count). The third kappa shape index (κ3) is 3.37. The minimum atomic E-state index is 0.0564. The molecule has 106 valence electrons. The van der Waals surface area contributed by atoms with Gasteiger partial charge in [0.2, 0.25) is 0 Å². The van der Waals surface area contributed by atoms with Crippen molar-refractivity contribution in [2.75, 3.05) is 14.2 Å². The molecule has 1 N–H and O–H groups in total. The first-order valence-corrected chi connectivity index (χ1v) is 7.99. The van der Waals surface area contributed by atoms with Gasteiger partial charge in [-0.05, 0) is 42.4 Å². The summed E-state index contributed by atoms with van der Waals surface area (Å²) >= 11 is 13.3. The Morgan fingerprint density at radius 3 is 2.45 bits per heavy atom. The maximum atomic E-state index is 6.21. The molecule has 0 aromatic heterocycles. The molecule has 20 heavy (non-hydrogen) atoms. The Balaban J connectivity index is 2.44. The van der Waals surface area contributed by atoms with Crippen LogP contribution < -0.4 is 10.1 Å². The van der Waals surface area contributed by atoms with Gasteiger partial charge in [0, 0.05) is 8.95 Å². The first kappa shape index (κ1) is 15.8. The van der Waals surface area contributed by atoms with E-state index in [-0.39, 0.29) is 6.04 Å². The molecule has 5 heteroatoms. The molecule has 0 fully saturated rings. The molecule has 0 spiro atoms. The standard InChI is InChI=1S/C15H14Br2ClNO/c1-19-15(11-5-4-10(16)8-12(11)17)9-3-6-14(20-2)13(18)7-9/h3-8,15,19H,1-2H3. The molecule has 1 unspecified atom stereocenters. The Morgan fingerprint density at radius 1 is 1.15 bits per heavy atom. The molecule has 2 nitrogen and oxygen atoms in total. The van der Waals surface area contributed by atoms with Crippen molar-refractivity contribution in [2.24, 2.45) is 0 Å². The quantitative estimate of drug-likeness (QED) is 0.737. The minimum absolute atomic E-state index is 0.0564. The van der Waals surface area contributed by atoms with Crippen LogP contribution in [-0.4, -0.2) is 14.2 Å². The predicted molar refractivity (Wildman–Crippen MR) is 90.7 cm³/mol. The normalized spacial score (nSPS) is 12.2. The summed E-state index contributed by atoms with van der Waals surface area (Å²) in [6.45, 7) is 0. The first-order valence-electron chi connectivity index (χ1n) is 6.02. The average molecular weight is 420 g/mol. The van der Waals surface area contributed by atoms with Gasteiger partial charge in [-0.2, -0.15) is 0 Å². The van der Waals surface area contributed by atoms with Crippen LogP contribution in [0.25, 0.3) is 0 Å². The summed E-state index contributed by atoms with van der Waals surface area (Å²) in [6.07, 6.45) is 0. The van der Waals surface area contributed by atoms with Crippen LogP contribution in [-0.2, 0) is 0 Å². The van der Waals surface area contributed by atoms with Gasteiger partial charge in [0.05, 0.1) is 18.2 Å². The van der Waals surface area contributed by atoms with Gasteiger partial charge in [0.1, 0.15) is 5.75 Å². The van der Waals surface area contributed by atoms with Gasteiger partial charge in [-0.25, -0.2) is 0 Å². The van der Waals surface area contributed by atoms with E-state index in [0.717, 1.165) is 20.1 Å². The predicted octanol–water partition coefficient (Wildman–Crippen LogP) is 5.18. The summed E-state index contributed by atoms with van der Waals surface area (Å²) in [5.74, 6) is 0.681. The lowest BCUT2D eigenvalue weighted by molar-refractivity contribution is 0.414. The van der Waals surface area contributed by atoms with Crippen LogP contribution in [0.4, 0.5) is 0 Å². The van der Waals surface area contributed by atoms with Gasteiger partial charge in [0.25, 0.3) is 0 Å². The lowest BCUT2D eigenvalue weighted by Crippen LogP contribution is -2.18. The van der Waals surface area contributed by atoms with E-state index in [2.05, 4.69) is 43.2 Å². The molecule has 0 bridgehead atoms. The van der Waals surface area contributed by atoms with Gasteiger partial charge in [-0.15, -0.1) is 0 Å². The highest BCUT2D eigenvalue weighted by molar-refractivity contribution is 9.11. The lowest BCUT2D eigenvalue weighted by atomic mass is 9.99. The fourth-order valence-corrected chi connectivity index (χ4v) is 3.64. The smallest absolute Gasteiger partial charge is 0.137 e. The maximum absolute atomic E-state index is 6.21. The van der Waals surface area contributed by atoms with E-state index in [1.807, 2.05) is 37.4 Å². The molecule has 0 aliphatic carbocycles. The third-order valence-electron chi connectivity index (χ3n) is 3.07. The Bertz CT molecular complexity index is 619. The van der Waals surface area contributed by atoms with Crippen LogP contribution >= 0.6 is 43.5 Å². The molecule has 2 aromatic carbocycles. The topological polar surface area (TPSA) is 21.3 Å². The van der Waals surface area contributed by atoms with Gasteiger partial charge >= 0.3 is 0 Å². The zero-order valence-electron chi connectivity index (χ0n) is 11.1. The molecule has 0 saturated heterocycles. The summed E-state index contributed by atoms with van der Waals surface area (Å²) in [5, 5.41) is 3.92. The van der Waals surface area contributed by atoms with Crippen molar-refractivity contribution in [3.63, 3.8) is 0 Å². The Morgan fingerprint density at radius 2 is 1.90 bits per heavy atom. The second kappa shape index (κ2) is 6.94. The second-order valence-corrected chi connectivity index (χ2v) is 6.46. The summed E-state index contributed by atoms with van der Waals surface area (Å²) in [4.78, 5) is 0. The molecule has 0 radical (unpaired) electrons. The monoisotopic (exact) mass is 417 g/mol. The number of methoxy groups -OCH3 is 1. The van der Waals surface area contributed by atoms with Crippen LogP contribution in [0.1, 0.15) is 17.2 Å². The molecule has 0 amide bonds. The fraction of sp³-hybridized carbons (Fsp3) is 0.200. The number of benzene rings is 2. The van der Waals surface area contributed by atoms with Crippen LogP contribution in [0.5, 0.6) is 5.75 Å². The average Bonchev–Trinajstić information content (AvgIpc) is 2.42. The van der Waals surface area contributed by atoms with Crippen molar-refractivity contribution in [1.82, 2.24) is 5.32 Å². The number of rotatable bonds is 4. The Kier molecular flexibility index (Phi) is 5.49. The lowest BCUT2D eigenvalue weighted by Gasteiger charge is -2.19. The molecule has 1 atom stereocenters. The highest BCUT2D eigenvalue weighted by Gasteiger charge is 2.16. The van der Waals surface area contributed by atoms with E-state index in [9.17, 15) is 0 Å². The number of nitrogens with one attached hydrogen (secondary N) is 1. The number of ether oxygens (including phenoxy) is 1. The molecule has 0 saturated carbocycles. The molecule has 2 aromatic rings. The molecule has 0 aliphatic rings. The van der Waals surface area contributed by atoms with E-state index < -0.39 is 0 Å².